The van der Waals surface area contributed by atoms with Gasteiger partial charge in [-0.2, -0.15) is 0 Å². The summed E-state index contributed by atoms with van der Waals surface area (Å²) in [5.74, 6) is 0. The van der Waals surface area contributed by atoms with E-state index in [1.165, 1.54) is 32.4 Å². The van der Waals surface area contributed by atoms with E-state index in [4.69, 9.17) is 9.47 Å². The van der Waals surface area contributed by atoms with Crippen LogP contribution in [0.1, 0.15) is 46.5 Å². The highest BCUT2D eigenvalue weighted by atomic mass is 16.5. The van der Waals surface area contributed by atoms with Gasteiger partial charge in [0.25, 0.3) is 0 Å². The summed E-state index contributed by atoms with van der Waals surface area (Å²) in [6.07, 6.45) is 5.01. The van der Waals surface area contributed by atoms with E-state index in [0.717, 1.165) is 13.0 Å². The average Bonchev–Trinajstić information content (AvgIpc) is 2.29. The molecule has 1 spiro atoms. The van der Waals surface area contributed by atoms with E-state index in [1.54, 1.807) is 7.11 Å². The summed E-state index contributed by atoms with van der Waals surface area (Å²) in [5, 5.41) is 0. The summed E-state index contributed by atoms with van der Waals surface area (Å²) < 4.78 is 11.5. The van der Waals surface area contributed by atoms with E-state index in [2.05, 4.69) is 25.7 Å². The summed E-state index contributed by atoms with van der Waals surface area (Å²) in [4.78, 5) is 2.57. The van der Waals surface area contributed by atoms with Gasteiger partial charge in [0.2, 0.25) is 0 Å². The number of nitrogens with zero attached hydrogens (tertiary/aromatic N) is 1. The monoisotopic (exact) mass is 241 g/mol. The third-order valence-electron chi connectivity index (χ3n) is 4.45. The Balaban J connectivity index is 1.87. The Morgan fingerprint density at radius 3 is 2.24 bits per heavy atom. The quantitative estimate of drug-likeness (QED) is 0.704. The number of rotatable bonds is 1. The van der Waals surface area contributed by atoms with Crippen LogP contribution in [0.5, 0.6) is 0 Å². The van der Waals surface area contributed by atoms with Crippen LogP contribution in [0.3, 0.4) is 0 Å². The molecule has 3 heteroatoms. The first-order chi connectivity index (χ1) is 7.95. The van der Waals surface area contributed by atoms with Crippen LogP contribution in [-0.4, -0.2) is 49.0 Å². The van der Waals surface area contributed by atoms with E-state index < -0.39 is 0 Å². The Bertz CT molecular complexity index is 241. The molecule has 2 aliphatic rings. The van der Waals surface area contributed by atoms with Crippen molar-refractivity contribution in [2.75, 3.05) is 26.8 Å². The van der Waals surface area contributed by atoms with Crippen LogP contribution in [0.15, 0.2) is 0 Å². The zero-order chi connectivity index (χ0) is 12.5. The maximum atomic E-state index is 6.12. The van der Waals surface area contributed by atoms with Gasteiger partial charge in [-0.1, -0.05) is 0 Å². The molecule has 3 nitrogen and oxygen atoms in total. The topological polar surface area (TPSA) is 21.7 Å². The standard InChI is InChI=1S/C14H27NO2/c1-13(2,3)15-9-7-14(8-10-15)6-5-12(16-4)11-17-14/h12H,5-11H2,1-4H3. The van der Waals surface area contributed by atoms with E-state index >= 15 is 0 Å². The Morgan fingerprint density at radius 2 is 1.82 bits per heavy atom. The molecule has 0 saturated carbocycles. The molecule has 17 heavy (non-hydrogen) atoms. The molecule has 1 atom stereocenters. The summed E-state index contributed by atoms with van der Waals surface area (Å²) >= 11 is 0. The van der Waals surface area contributed by atoms with E-state index in [0.29, 0.717) is 11.6 Å². The molecular weight excluding hydrogens is 214 g/mol. The van der Waals surface area contributed by atoms with Gasteiger partial charge in [-0.25, -0.2) is 0 Å². The largest absolute Gasteiger partial charge is 0.379 e. The lowest BCUT2D eigenvalue weighted by Gasteiger charge is -2.48. The normalized spacial score (nSPS) is 30.7. The van der Waals surface area contributed by atoms with Crippen LogP contribution in [0.2, 0.25) is 0 Å². The molecule has 2 aliphatic heterocycles. The summed E-state index contributed by atoms with van der Waals surface area (Å²) in [6.45, 7) is 10.0. The molecule has 0 radical (unpaired) electrons. The lowest BCUT2D eigenvalue weighted by atomic mass is 9.82. The first-order valence-electron chi connectivity index (χ1n) is 6.87. The molecule has 0 aliphatic carbocycles. The van der Waals surface area contributed by atoms with Crippen LogP contribution in [0.4, 0.5) is 0 Å². The van der Waals surface area contributed by atoms with Crippen molar-refractivity contribution in [1.82, 2.24) is 4.90 Å². The van der Waals surface area contributed by atoms with Gasteiger partial charge in [0.15, 0.2) is 0 Å². The van der Waals surface area contributed by atoms with Gasteiger partial charge in [0.1, 0.15) is 0 Å². The minimum Gasteiger partial charge on any atom is -0.379 e. The molecule has 0 aromatic carbocycles. The fraction of sp³-hybridized carbons (Fsp3) is 1.00. The fourth-order valence-corrected chi connectivity index (χ4v) is 3.01. The van der Waals surface area contributed by atoms with Crippen LogP contribution in [0, 0.1) is 0 Å². The molecule has 2 heterocycles. The van der Waals surface area contributed by atoms with Crippen LogP contribution >= 0.6 is 0 Å². The SMILES string of the molecule is COC1CCC2(CCN(C(C)(C)C)CC2)OC1. The predicted octanol–water partition coefficient (Wildman–Crippen LogP) is 2.44. The molecule has 0 N–H and O–H groups in total. The Morgan fingerprint density at radius 1 is 1.18 bits per heavy atom. The van der Waals surface area contributed by atoms with Gasteiger partial charge < -0.3 is 9.47 Å². The van der Waals surface area contributed by atoms with Gasteiger partial charge in [-0.05, 0) is 46.5 Å². The van der Waals surface area contributed by atoms with Gasteiger partial charge in [0.05, 0.1) is 18.3 Å². The Kier molecular flexibility index (Phi) is 3.81. The van der Waals surface area contributed by atoms with E-state index in [9.17, 15) is 0 Å². The van der Waals surface area contributed by atoms with Crippen LogP contribution in [-0.2, 0) is 9.47 Å². The fourth-order valence-electron chi connectivity index (χ4n) is 3.01. The van der Waals surface area contributed by atoms with Crippen molar-refractivity contribution in [1.29, 1.82) is 0 Å². The van der Waals surface area contributed by atoms with E-state index in [1.807, 2.05) is 0 Å². The number of hydrogen-bond acceptors (Lipinski definition) is 3. The van der Waals surface area contributed by atoms with Crippen molar-refractivity contribution < 1.29 is 9.47 Å². The molecule has 100 valence electrons. The molecule has 0 aromatic rings. The first-order valence-corrected chi connectivity index (χ1v) is 6.87. The highest BCUT2D eigenvalue weighted by molar-refractivity contribution is 4.93. The number of methoxy groups -OCH3 is 1. The highest BCUT2D eigenvalue weighted by Crippen LogP contribution is 2.37. The maximum Gasteiger partial charge on any atom is 0.0806 e. The van der Waals surface area contributed by atoms with Crippen molar-refractivity contribution in [2.24, 2.45) is 0 Å². The van der Waals surface area contributed by atoms with Crippen LogP contribution in [0.25, 0.3) is 0 Å². The molecule has 2 saturated heterocycles. The van der Waals surface area contributed by atoms with Crippen molar-refractivity contribution in [2.45, 2.75) is 63.7 Å². The molecular formula is C14H27NO2. The number of hydrogen-bond donors (Lipinski definition) is 0. The highest BCUT2D eigenvalue weighted by Gasteiger charge is 2.41. The van der Waals surface area contributed by atoms with Crippen LogP contribution < -0.4 is 0 Å². The Labute approximate surface area is 105 Å². The molecule has 0 amide bonds. The Hall–Kier alpha value is -0.120. The second-order valence-electron chi connectivity index (χ2n) is 6.55. The second-order valence-corrected chi connectivity index (χ2v) is 6.55. The number of ether oxygens (including phenoxy) is 2. The average molecular weight is 241 g/mol. The van der Waals surface area contributed by atoms with Gasteiger partial charge in [-0.3, -0.25) is 4.90 Å². The third-order valence-corrected chi connectivity index (χ3v) is 4.45. The van der Waals surface area contributed by atoms with Gasteiger partial charge in [0, 0.05) is 25.7 Å². The minimum atomic E-state index is 0.163. The molecule has 0 aromatic heterocycles. The summed E-state index contributed by atoms with van der Waals surface area (Å²) in [5.41, 5.74) is 0.460. The molecule has 1 unspecified atom stereocenters. The van der Waals surface area contributed by atoms with E-state index in [-0.39, 0.29) is 5.60 Å². The second kappa shape index (κ2) is 4.87. The third kappa shape index (κ3) is 3.01. The molecule has 2 fully saturated rings. The summed E-state index contributed by atoms with van der Waals surface area (Å²) in [7, 11) is 1.79. The summed E-state index contributed by atoms with van der Waals surface area (Å²) in [6, 6.07) is 0. The van der Waals surface area contributed by atoms with Gasteiger partial charge >= 0.3 is 0 Å². The van der Waals surface area contributed by atoms with Crippen molar-refractivity contribution in [3.63, 3.8) is 0 Å². The first kappa shape index (κ1) is 13.3. The van der Waals surface area contributed by atoms with Crippen molar-refractivity contribution in [3.8, 4) is 0 Å². The lowest BCUT2D eigenvalue weighted by Crippen LogP contribution is -2.54. The minimum absolute atomic E-state index is 0.163. The lowest BCUT2D eigenvalue weighted by molar-refractivity contribution is -0.158. The van der Waals surface area contributed by atoms with Crippen molar-refractivity contribution >= 4 is 0 Å². The smallest absolute Gasteiger partial charge is 0.0806 e. The predicted molar refractivity (Wildman–Crippen MR) is 69.3 cm³/mol. The molecule has 0 bridgehead atoms. The maximum absolute atomic E-state index is 6.12. The number of likely N-dealkylation sites (tertiary alicyclic amines) is 1. The zero-order valence-corrected chi connectivity index (χ0v) is 11.8. The number of piperidine rings is 1. The van der Waals surface area contributed by atoms with Crippen molar-refractivity contribution in [3.05, 3.63) is 0 Å². The van der Waals surface area contributed by atoms with Gasteiger partial charge in [-0.15, -0.1) is 0 Å². The molecule has 2 rings (SSSR count). The zero-order valence-electron chi connectivity index (χ0n) is 11.8.